The molecule has 0 aliphatic heterocycles. The van der Waals surface area contributed by atoms with E-state index in [2.05, 4.69) is 0 Å². The third-order valence-electron chi connectivity index (χ3n) is 2.38. The minimum atomic E-state index is -4.37. The number of hydrogen-bond donors (Lipinski definition) is 0. The van der Waals surface area contributed by atoms with Crippen molar-refractivity contribution in [1.82, 2.24) is 0 Å². The van der Waals surface area contributed by atoms with Crippen molar-refractivity contribution in [3.63, 3.8) is 0 Å². The second-order valence-corrected chi connectivity index (χ2v) is 3.65. The molecule has 0 saturated carbocycles. The molecule has 1 aromatic carbocycles. The predicted molar refractivity (Wildman–Crippen MR) is 66.6 cm³/mol. The normalized spacial score (nSPS) is 10.8. The van der Waals surface area contributed by atoms with Crippen LogP contribution in [0.2, 0.25) is 5.02 Å². The average Bonchev–Trinajstić information content (AvgIpc) is 2.29. The van der Waals surface area contributed by atoms with Crippen LogP contribution in [0.1, 0.15) is 44.4 Å². The van der Waals surface area contributed by atoms with Crippen LogP contribution in [-0.2, 0) is 19.0 Å². The fourth-order valence-electron chi connectivity index (χ4n) is 1.59. The van der Waals surface area contributed by atoms with Gasteiger partial charge in [-0.15, -0.1) is 0 Å². The topological polar surface area (TPSA) is 0 Å². The second-order valence-electron chi connectivity index (χ2n) is 3.27. The highest BCUT2D eigenvalue weighted by Crippen LogP contribution is 2.37. The highest BCUT2D eigenvalue weighted by Gasteiger charge is 2.34. The molecule has 0 unspecified atom stereocenters. The Morgan fingerprint density at radius 1 is 1.06 bits per heavy atom. The quantitative estimate of drug-likeness (QED) is 0.662. The maximum atomic E-state index is 12.5. The predicted octanol–water partition coefficient (Wildman–Crippen LogP) is 5.51. The van der Waals surface area contributed by atoms with Gasteiger partial charge in [0, 0.05) is 0 Å². The third-order valence-corrected chi connectivity index (χ3v) is 2.81. The molecular formula is C13H18ClF3. The summed E-state index contributed by atoms with van der Waals surface area (Å²) in [5.74, 6) is 0. The Labute approximate surface area is 106 Å². The largest absolute Gasteiger partial charge is 0.417 e. The van der Waals surface area contributed by atoms with Gasteiger partial charge in [0.05, 0.1) is 10.6 Å². The number of rotatable bonds is 2. The molecule has 0 bridgehead atoms. The first-order valence-corrected chi connectivity index (χ1v) is 6.17. The van der Waals surface area contributed by atoms with Gasteiger partial charge in [0.1, 0.15) is 0 Å². The van der Waals surface area contributed by atoms with Crippen molar-refractivity contribution < 1.29 is 13.2 Å². The molecule has 0 nitrogen and oxygen atoms in total. The zero-order chi connectivity index (χ0) is 13.6. The zero-order valence-electron chi connectivity index (χ0n) is 10.6. The summed E-state index contributed by atoms with van der Waals surface area (Å²) in [5.41, 5.74) is 0.753. The Hall–Kier alpha value is -0.700. The number of halogens is 4. The summed E-state index contributed by atoms with van der Waals surface area (Å²) >= 11 is 5.76. The molecule has 1 rings (SSSR count). The van der Waals surface area contributed by atoms with Gasteiger partial charge in [-0.05, 0) is 30.0 Å². The van der Waals surface area contributed by atoms with E-state index in [1.54, 1.807) is 6.92 Å². The Bertz CT molecular complexity index is 356. The lowest BCUT2D eigenvalue weighted by atomic mass is 9.99. The van der Waals surface area contributed by atoms with E-state index in [1.165, 1.54) is 6.07 Å². The van der Waals surface area contributed by atoms with Crippen molar-refractivity contribution in [1.29, 1.82) is 0 Å². The van der Waals surface area contributed by atoms with Crippen molar-refractivity contribution in [2.24, 2.45) is 0 Å². The van der Waals surface area contributed by atoms with Crippen LogP contribution >= 0.6 is 11.6 Å². The van der Waals surface area contributed by atoms with E-state index < -0.39 is 11.7 Å². The summed E-state index contributed by atoms with van der Waals surface area (Å²) in [6.45, 7) is 7.71. The maximum Gasteiger partial charge on any atom is 0.417 e. The van der Waals surface area contributed by atoms with E-state index in [4.69, 9.17) is 11.6 Å². The molecule has 98 valence electrons. The lowest BCUT2D eigenvalue weighted by molar-refractivity contribution is -0.137. The minimum Gasteiger partial charge on any atom is -0.166 e. The molecular weight excluding hydrogens is 249 g/mol. The van der Waals surface area contributed by atoms with Crippen LogP contribution in [0.15, 0.2) is 12.1 Å². The molecule has 0 fully saturated rings. The Morgan fingerprint density at radius 3 is 1.94 bits per heavy atom. The second kappa shape index (κ2) is 6.90. The van der Waals surface area contributed by atoms with E-state index in [0.29, 0.717) is 18.4 Å². The highest BCUT2D eigenvalue weighted by atomic mass is 35.5. The van der Waals surface area contributed by atoms with Gasteiger partial charge in [-0.2, -0.15) is 13.2 Å². The van der Waals surface area contributed by atoms with Gasteiger partial charge in [0.25, 0.3) is 0 Å². The monoisotopic (exact) mass is 266 g/mol. The lowest BCUT2D eigenvalue weighted by Crippen LogP contribution is -2.08. The van der Waals surface area contributed by atoms with E-state index in [1.807, 2.05) is 20.8 Å². The Kier molecular flexibility index (Phi) is 6.61. The fraction of sp³-hybridized carbons (Fsp3) is 0.538. The molecule has 0 amide bonds. The van der Waals surface area contributed by atoms with Crippen LogP contribution in [0, 0.1) is 0 Å². The molecule has 0 atom stereocenters. The van der Waals surface area contributed by atoms with Gasteiger partial charge in [-0.3, -0.25) is 0 Å². The van der Waals surface area contributed by atoms with Gasteiger partial charge in [0.2, 0.25) is 0 Å². The van der Waals surface area contributed by atoms with Gasteiger partial charge < -0.3 is 0 Å². The van der Waals surface area contributed by atoms with Crippen LogP contribution in [0.25, 0.3) is 0 Å². The standard InChI is InChI=1S/C11H12ClF3.C2H6/c1-3-7-5-6-9(11(13,14)15)10(12)8(7)4-2;1-2/h5-6H,3-4H2,1-2H3;1-2H3. The van der Waals surface area contributed by atoms with Crippen LogP contribution in [0.3, 0.4) is 0 Å². The van der Waals surface area contributed by atoms with Crippen molar-refractivity contribution in [2.75, 3.05) is 0 Å². The van der Waals surface area contributed by atoms with Gasteiger partial charge in [0.15, 0.2) is 0 Å². The molecule has 0 spiro atoms. The molecule has 0 aromatic heterocycles. The molecule has 1 aromatic rings. The molecule has 0 N–H and O–H groups in total. The van der Waals surface area contributed by atoms with Crippen LogP contribution < -0.4 is 0 Å². The maximum absolute atomic E-state index is 12.5. The summed E-state index contributed by atoms with van der Waals surface area (Å²) in [7, 11) is 0. The molecule has 0 aliphatic carbocycles. The first-order valence-electron chi connectivity index (χ1n) is 5.79. The highest BCUT2D eigenvalue weighted by molar-refractivity contribution is 6.32. The summed E-state index contributed by atoms with van der Waals surface area (Å²) < 4.78 is 37.5. The Morgan fingerprint density at radius 2 is 1.59 bits per heavy atom. The molecule has 4 heteroatoms. The molecule has 0 aliphatic rings. The van der Waals surface area contributed by atoms with Crippen molar-refractivity contribution in [2.45, 2.75) is 46.7 Å². The summed E-state index contributed by atoms with van der Waals surface area (Å²) in [4.78, 5) is 0. The van der Waals surface area contributed by atoms with Crippen LogP contribution in [0.5, 0.6) is 0 Å². The summed E-state index contributed by atoms with van der Waals surface area (Å²) in [6.07, 6.45) is -3.15. The summed E-state index contributed by atoms with van der Waals surface area (Å²) in [5, 5.41) is -0.149. The van der Waals surface area contributed by atoms with Gasteiger partial charge >= 0.3 is 6.18 Å². The zero-order valence-corrected chi connectivity index (χ0v) is 11.3. The number of alkyl halides is 3. The van der Waals surface area contributed by atoms with E-state index in [0.717, 1.165) is 11.6 Å². The fourth-order valence-corrected chi connectivity index (χ4v) is 2.02. The van der Waals surface area contributed by atoms with Crippen molar-refractivity contribution in [3.05, 3.63) is 33.8 Å². The van der Waals surface area contributed by atoms with Crippen molar-refractivity contribution in [3.8, 4) is 0 Å². The van der Waals surface area contributed by atoms with Crippen molar-refractivity contribution >= 4 is 11.6 Å². The van der Waals surface area contributed by atoms with Gasteiger partial charge in [-0.1, -0.05) is 45.4 Å². The van der Waals surface area contributed by atoms with E-state index in [-0.39, 0.29) is 5.02 Å². The first-order chi connectivity index (χ1) is 7.91. The SMILES string of the molecule is CC.CCc1ccc(C(F)(F)F)c(Cl)c1CC. The van der Waals surface area contributed by atoms with E-state index >= 15 is 0 Å². The molecule has 0 radical (unpaired) electrons. The number of benzene rings is 1. The van der Waals surface area contributed by atoms with Crippen LogP contribution in [-0.4, -0.2) is 0 Å². The molecule has 0 saturated heterocycles. The number of hydrogen-bond acceptors (Lipinski definition) is 0. The number of aryl methyl sites for hydroxylation is 1. The third kappa shape index (κ3) is 3.91. The molecule has 17 heavy (non-hydrogen) atoms. The molecule has 0 heterocycles. The average molecular weight is 267 g/mol. The Balaban J connectivity index is 0.00000121. The lowest BCUT2D eigenvalue weighted by Gasteiger charge is -2.14. The minimum absolute atomic E-state index is 0.149. The van der Waals surface area contributed by atoms with Crippen LogP contribution in [0.4, 0.5) is 13.2 Å². The summed E-state index contributed by atoms with van der Waals surface area (Å²) in [6, 6.07) is 2.56. The smallest absolute Gasteiger partial charge is 0.166 e. The first kappa shape index (κ1) is 16.3. The van der Waals surface area contributed by atoms with E-state index in [9.17, 15) is 13.2 Å². The van der Waals surface area contributed by atoms with Gasteiger partial charge in [-0.25, -0.2) is 0 Å².